The van der Waals surface area contributed by atoms with Crippen molar-refractivity contribution in [2.75, 3.05) is 0 Å². The van der Waals surface area contributed by atoms with Crippen LogP contribution < -0.4 is 0 Å². The third kappa shape index (κ3) is 1.99. The van der Waals surface area contributed by atoms with Crippen molar-refractivity contribution in [1.82, 2.24) is 10.2 Å². The first-order valence-corrected chi connectivity index (χ1v) is 5.28. The average molecular weight is 265 g/mol. The molecular weight excluding hydrogens is 256 g/mol. The molecule has 0 aliphatic heterocycles. The van der Waals surface area contributed by atoms with Gasteiger partial charge in [-0.1, -0.05) is 28.1 Å². The van der Waals surface area contributed by atoms with E-state index in [1.54, 1.807) is 6.20 Å². The molecule has 4 heteroatoms. The van der Waals surface area contributed by atoms with Gasteiger partial charge >= 0.3 is 0 Å². The van der Waals surface area contributed by atoms with E-state index in [4.69, 9.17) is 0 Å². The SMILES string of the molecule is CC(=O)c1cn[nH]c1-c1ccc(Br)cc1. The molecule has 0 fully saturated rings. The van der Waals surface area contributed by atoms with Crippen molar-refractivity contribution < 1.29 is 4.79 Å². The van der Waals surface area contributed by atoms with Crippen molar-refractivity contribution in [3.8, 4) is 11.3 Å². The second kappa shape index (κ2) is 3.98. The molecule has 0 aliphatic carbocycles. The van der Waals surface area contributed by atoms with Crippen LogP contribution in [0, 0.1) is 0 Å². The van der Waals surface area contributed by atoms with Crippen molar-refractivity contribution >= 4 is 21.7 Å². The number of benzene rings is 1. The van der Waals surface area contributed by atoms with Crippen LogP contribution >= 0.6 is 15.9 Å². The highest BCUT2D eigenvalue weighted by Gasteiger charge is 2.10. The summed E-state index contributed by atoms with van der Waals surface area (Å²) >= 11 is 3.36. The summed E-state index contributed by atoms with van der Waals surface area (Å²) in [4.78, 5) is 11.3. The Morgan fingerprint density at radius 1 is 1.33 bits per heavy atom. The van der Waals surface area contributed by atoms with E-state index in [2.05, 4.69) is 26.1 Å². The Labute approximate surface area is 95.6 Å². The number of halogens is 1. The van der Waals surface area contributed by atoms with E-state index in [1.165, 1.54) is 6.92 Å². The average Bonchev–Trinajstić information content (AvgIpc) is 2.67. The molecule has 0 saturated heterocycles. The molecule has 0 saturated carbocycles. The first-order valence-electron chi connectivity index (χ1n) is 4.48. The van der Waals surface area contributed by atoms with Gasteiger partial charge in [0.05, 0.1) is 17.5 Å². The van der Waals surface area contributed by atoms with E-state index in [0.717, 1.165) is 15.7 Å². The molecule has 1 N–H and O–H groups in total. The maximum Gasteiger partial charge on any atom is 0.163 e. The van der Waals surface area contributed by atoms with Gasteiger partial charge in [0.15, 0.2) is 5.78 Å². The van der Waals surface area contributed by atoms with Crippen molar-refractivity contribution in [1.29, 1.82) is 0 Å². The highest BCUT2D eigenvalue weighted by molar-refractivity contribution is 9.10. The van der Waals surface area contributed by atoms with Crippen LogP contribution in [0.5, 0.6) is 0 Å². The summed E-state index contributed by atoms with van der Waals surface area (Å²) < 4.78 is 1.01. The maximum absolute atomic E-state index is 11.3. The molecule has 0 radical (unpaired) electrons. The van der Waals surface area contributed by atoms with E-state index in [0.29, 0.717) is 5.56 Å². The lowest BCUT2D eigenvalue weighted by Crippen LogP contribution is -1.92. The van der Waals surface area contributed by atoms with Gasteiger partial charge in [-0.25, -0.2) is 0 Å². The molecule has 0 aliphatic rings. The largest absolute Gasteiger partial charge is 0.294 e. The van der Waals surface area contributed by atoms with E-state index in [-0.39, 0.29) is 5.78 Å². The molecule has 0 amide bonds. The van der Waals surface area contributed by atoms with E-state index in [9.17, 15) is 4.79 Å². The van der Waals surface area contributed by atoms with Gasteiger partial charge in [0, 0.05) is 10.0 Å². The van der Waals surface area contributed by atoms with Gasteiger partial charge in [0.25, 0.3) is 0 Å². The van der Waals surface area contributed by atoms with E-state index >= 15 is 0 Å². The van der Waals surface area contributed by atoms with Gasteiger partial charge < -0.3 is 0 Å². The van der Waals surface area contributed by atoms with Crippen LogP contribution in [0.15, 0.2) is 34.9 Å². The lowest BCUT2D eigenvalue weighted by atomic mass is 10.1. The minimum Gasteiger partial charge on any atom is -0.294 e. The second-order valence-electron chi connectivity index (χ2n) is 3.22. The molecule has 1 heterocycles. The Morgan fingerprint density at radius 2 is 2.00 bits per heavy atom. The summed E-state index contributed by atoms with van der Waals surface area (Å²) in [7, 11) is 0. The van der Waals surface area contributed by atoms with Gasteiger partial charge in [0.1, 0.15) is 0 Å². The zero-order chi connectivity index (χ0) is 10.8. The molecule has 2 rings (SSSR count). The zero-order valence-electron chi connectivity index (χ0n) is 8.12. The Bertz CT molecular complexity index is 488. The number of Topliss-reactive ketones (excluding diaryl/α,β-unsaturated/α-hetero) is 1. The third-order valence-electron chi connectivity index (χ3n) is 2.15. The molecular formula is C11H9BrN2O. The number of aromatic nitrogens is 2. The molecule has 15 heavy (non-hydrogen) atoms. The Hall–Kier alpha value is -1.42. The predicted octanol–water partition coefficient (Wildman–Crippen LogP) is 3.04. The topological polar surface area (TPSA) is 45.8 Å². The number of nitrogens with zero attached hydrogens (tertiary/aromatic N) is 1. The van der Waals surface area contributed by atoms with Crippen LogP contribution in [0.3, 0.4) is 0 Å². The number of ketones is 1. The van der Waals surface area contributed by atoms with Gasteiger partial charge in [0.2, 0.25) is 0 Å². The Balaban J connectivity index is 2.49. The number of hydrogen-bond donors (Lipinski definition) is 1. The molecule has 76 valence electrons. The zero-order valence-corrected chi connectivity index (χ0v) is 9.71. The summed E-state index contributed by atoms with van der Waals surface area (Å²) in [6, 6.07) is 7.73. The minimum atomic E-state index is 0.0154. The second-order valence-corrected chi connectivity index (χ2v) is 4.14. The standard InChI is InChI=1S/C11H9BrN2O/c1-7(15)10-6-13-14-11(10)8-2-4-9(12)5-3-8/h2-6H,1H3,(H,13,14). The third-order valence-corrected chi connectivity index (χ3v) is 2.68. The van der Waals surface area contributed by atoms with E-state index in [1.807, 2.05) is 24.3 Å². The normalized spacial score (nSPS) is 10.3. The first kappa shape index (κ1) is 10.1. The van der Waals surface area contributed by atoms with E-state index < -0.39 is 0 Å². The molecule has 3 nitrogen and oxygen atoms in total. The number of hydrogen-bond acceptors (Lipinski definition) is 2. The van der Waals surface area contributed by atoms with Gasteiger partial charge in [-0.2, -0.15) is 5.10 Å². The van der Waals surface area contributed by atoms with Gasteiger partial charge in [-0.3, -0.25) is 9.89 Å². The van der Waals surface area contributed by atoms with Crippen LogP contribution in [0.4, 0.5) is 0 Å². The number of carbonyl (C=O) groups excluding carboxylic acids is 1. The molecule has 1 aromatic heterocycles. The van der Waals surface area contributed by atoms with Crippen molar-refractivity contribution in [3.05, 3.63) is 40.5 Å². The smallest absolute Gasteiger partial charge is 0.163 e. The van der Waals surface area contributed by atoms with Crippen LogP contribution in [-0.4, -0.2) is 16.0 Å². The quantitative estimate of drug-likeness (QED) is 0.848. The van der Waals surface area contributed by atoms with Crippen LogP contribution in [-0.2, 0) is 0 Å². The van der Waals surface area contributed by atoms with Crippen LogP contribution in [0.1, 0.15) is 17.3 Å². The fraction of sp³-hybridized carbons (Fsp3) is 0.0909. The number of carbonyl (C=O) groups is 1. The monoisotopic (exact) mass is 264 g/mol. The molecule has 0 atom stereocenters. The van der Waals surface area contributed by atoms with Gasteiger partial charge in [-0.05, 0) is 19.1 Å². The highest BCUT2D eigenvalue weighted by atomic mass is 79.9. The molecule has 0 unspecified atom stereocenters. The number of rotatable bonds is 2. The summed E-state index contributed by atoms with van der Waals surface area (Å²) in [6.45, 7) is 1.53. The lowest BCUT2D eigenvalue weighted by Gasteiger charge is -2.00. The molecule has 0 spiro atoms. The molecule has 1 aromatic carbocycles. The van der Waals surface area contributed by atoms with Crippen molar-refractivity contribution in [2.45, 2.75) is 6.92 Å². The fourth-order valence-electron chi connectivity index (χ4n) is 1.39. The number of aromatic amines is 1. The van der Waals surface area contributed by atoms with Gasteiger partial charge in [-0.15, -0.1) is 0 Å². The Kier molecular flexibility index (Phi) is 2.68. The highest BCUT2D eigenvalue weighted by Crippen LogP contribution is 2.23. The summed E-state index contributed by atoms with van der Waals surface area (Å²) in [6.07, 6.45) is 1.56. The Morgan fingerprint density at radius 3 is 2.60 bits per heavy atom. The van der Waals surface area contributed by atoms with Crippen molar-refractivity contribution in [2.24, 2.45) is 0 Å². The lowest BCUT2D eigenvalue weighted by molar-refractivity contribution is 0.101. The summed E-state index contributed by atoms with van der Waals surface area (Å²) in [5, 5.41) is 6.72. The maximum atomic E-state index is 11.3. The van der Waals surface area contributed by atoms with Crippen LogP contribution in [0.2, 0.25) is 0 Å². The van der Waals surface area contributed by atoms with Crippen LogP contribution in [0.25, 0.3) is 11.3 Å². The summed E-state index contributed by atoms with van der Waals surface area (Å²) in [5.41, 5.74) is 2.35. The minimum absolute atomic E-state index is 0.0154. The summed E-state index contributed by atoms with van der Waals surface area (Å²) in [5.74, 6) is 0.0154. The molecule has 0 bridgehead atoms. The molecule has 2 aromatic rings. The predicted molar refractivity (Wildman–Crippen MR) is 61.7 cm³/mol. The number of H-pyrrole nitrogens is 1. The first-order chi connectivity index (χ1) is 7.18. The fourth-order valence-corrected chi connectivity index (χ4v) is 1.65. The number of nitrogens with one attached hydrogen (secondary N) is 1. The van der Waals surface area contributed by atoms with Crippen molar-refractivity contribution in [3.63, 3.8) is 0 Å².